The molecule has 16 heavy (non-hydrogen) atoms. The largest absolute Gasteiger partial charge is 0.490 e. The second kappa shape index (κ2) is 6.45. The van der Waals surface area contributed by atoms with Gasteiger partial charge in [-0.15, -0.1) is 0 Å². The molecule has 0 saturated heterocycles. The minimum atomic E-state index is -0.0432. The van der Waals surface area contributed by atoms with E-state index in [0.29, 0.717) is 13.2 Å². The van der Waals surface area contributed by atoms with Gasteiger partial charge in [0.15, 0.2) is 0 Å². The first-order valence-corrected chi connectivity index (χ1v) is 5.55. The van der Waals surface area contributed by atoms with E-state index in [1.165, 1.54) is 0 Å². The summed E-state index contributed by atoms with van der Waals surface area (Å²) >= 11 is 0. The molecule has 1 aromatic rings. The number of rotatable bonds is 6. The highest BCUT2D eigenvalue weighted by molar-refractivity contribution is 5.21. The first kappa shape index (κ1) is 12.9. The van der Waals surface area contributed by atoms with E-state index in [1.807, 2.05) is 32.9 Å². The Kier molecular flexibility index (Phi) is 5.22. The Bertz CT molecular complexity index is 296. The van der Waals surface area contributed by atoms with Crippen molar-refractivity contribution in [1.82, 2.24) is 4.98 Å². The summed E-state index contributed by atoms with van der Waals surface area (Å²) in [5.74, 6) is 0.747. The topological polar surface area (TPSA) is 57.4 Å². The van der Waals surface area contributed by atoms with Gasteiger partial charge in [0.2, 0.25) is 0 Å². The van der Waals surface area contributed by atoms with Gasteiger partial charge in [-0.25, -0.2) is 0 Å². The van der Waals surface area contributed by atoms with E-state index in [1.54, 1.807) is 6.20 Å². The second-order valence-electron chi connectivity index (χ2n) is 3.98. The Hall–Kier alpha value is -1.13. The smallest absolute Gasteiger partial charge is 0.137 e. The molecule has 4 heteroatoms. The van der Waals surface area contributed by atoms with E-state index >= 15 is 0 Å². The maximum Gasteiger partial charge on any atom is 0.137 e. The van der Waals surface area contributed by atoms with Crippen molar-refractivity contribution < 1.29 is 9.47 Å². The molecule has 0 amide bonds. The summed E-state index contributed by atoms with van der Waals surface area (Å²) in [5, 5.41) is 0. The molecule has 0 saturated carbocycles. The van der Waals surface area contributed by atoms with Gasteiger partial charge in [-0.2, -0.15) is 0 Å². The molecule has 1 aromatic heterocycles. The molecule has 0 aliphatic rings. The van der Waals surface area contributed by atoms with Gasteiger partial charge in [-0.3, -0.25) is 4.98 Å². The third-order valence-electron chi connectivity index (χ3n) is 2.03. The molecule has 1 unspecified atom stereocenters. The molecule has 90 valence electrons. The summed E-state index contributed by atoms with van der Waals surface area (Å²) in [6.45, 7) is 7.03. The van der Waals surface area contributed by atoms with Crippen molar-refractivity contribution in [2.45, 2.75) is 32.9 Å². The first-order chi connectivity index (χ1) is 7.59. The number of nitrogens with zero attached hydrogens (tertiary/aromatic N) is 1. The van der Waals surface area contributed by atoms with Crippen LogP contribution in [0.1, 0.15) is 32.5 Å². The summed E-state index contributed by atoms with van der Waals surface area (Å²) in [6, 6.07) is 3.71. The van der Waals surface area contributed by atoms with E-state index < -0.39 is 0 Å². The molecule has 2 N–H and O–H groups in total. The quantitative estimate of drug-likeness (QED) is 0.750. The van der Waals surface area contributed by atoms with Crippen molar-refractivity contribution in [3.05, 3.63) is 24.0 Å². The maximum atomic E-state index is 5.70. The Balaban J connectivity index is 2.32. The fourth-order valence-electron chi connectivity index (χ4n) is 1.19. The normalized spacial score (nSPS) is 12.8. The van der Waals surface area contributed by atoms with Crippen molar-refractivity contribution in [2.24, 2.45) is 5.73 Å². The van der Waals surface area contributed by atoms with E-state index in [4.69, 9.17) is 15.2 Å². The average Bonchev–Trinajstić information content (AvgIpc) is 2.25. The molecule has 1 heterocycles. The summed E-state index contributed by atoms with van der Waals surface area (Å²) in [7, 11) is 0. The van der Waals surface area contributed by atoms with Crippen LogP contribution in [0, 0.1) is 0 Å². The Morgan fingerprint density at radius 1 is 1.25 bits per heavy atom. The van der Waals surface area contributed by atoms with Gasteiger partial charge >= 0.3 is 0 Å². The lowest BCUT2D eigenvalue weighted by Crippen LogP contribution is -2.11. The molecule has 1 rings (SSSR count). The van der Waals surface area contributed by atoms with Gasteiger partial charge in [0.1, 0.15) is 12.4 Å². The lowest BCUT2D eigenvalue weighted by molar-refractivity contribution is 0.0552. The maximum absolute atomic E-state index is 5.70. The van der Waals surface area contributed by atoms with Crippen molar-refractivity contribution in [3.63, 3.8) is 0 Å². The fraction of sp³-hybridized carbons (Fsp3) is 0.583. The molecule has 0 spiro atoms. The lowest BCUT2D eigenvalue weighted by atomic mass is 10.2. The zero-order valence-corrected chi connectivity index (χ0v) is 10.1. The highest BCUT2D eigenvalue weighted by Crippen LogP contribution is 2.12. The van der Waals surface area contributed by atoms with E-state index in [2.05, 4.69) is 4.98 Å². The van der Waals surface area contributed by atoms with E-state index in [0.717, 1.165) is 11.4 Å². The van der Waals surface area contributed by atoms with Gasteiger partial charge in [0.05, 0.1) is 24.6 Å². The number of hydrogen-bond acceptors (Lipinski definition) is 4. The predicted molar refractivity (Wildman–Crippen MR) is 63.4 cm³/mol. The Morgan fingerprint density at radius 3 is 2.50 bits per heavy atom. The Morgan fingerprint density at radius 2 is 2.00 bits per heavy atom. The molecular weight excluding hydrogens is 204 g/mol. The minimum absolute atomic E-state index is 0.0432. The summed E-state index contributed by atoms with van der Waals surface area (Å²) in [5.41, 5.74) is 6.56. The van der Waals surface area contributed by atoms with Crippen LogP contribution in [0.15, 0.2) is 18.3 Å². The van der Waals surface area contributed by atoms with Gasteiger partial charge in [-0.1, -0.05) is 0 Å². The van der Waals surface area contributed by atoms with Crippen molar-refractivity contribution in [3.8, 4) is 5.75 Å². The summed E-state index contributed by atoms with van der Waals surface area (Å²) in [4.78, 5) is 4.20. The molecule has 0 radical (unpaired) electrons. The summed E-state index contributed by atoms with van der Waals surface area (Å²) in [6.07, 6.45) is 1.93. The predicted octanol–water partition coefficient (Wildman–Crippen LogP) is 1.91. The highest BCUT2D eigenvalue weighted by Gasteiger charge is 2.01. The number of ether oxygens (including phenoxy) is 2. The van der Waals surface area contributed by atoms with E-state index in [9.17, 15) is 0 Å². The van der Waals surface area contributed by atoms with Crippen LogP contribution in [0.3, 0.4) is 0 Å². The molecule has 0 aliphatic carbocycles. The lowest BCUT2D eigenvalue weighted by Gasteiger charge is -2.10. The minimum Gasteiger partial charge on any atom is -0.490 e. The van der Waals surface area contributed by atoms with Crippen LogP contribution in [0.5, 0.6) is 5.75 Å². The van der Waals surface area contributed by atoms with Crippen molar-refractivity contribution >= 4 is 0 Å². The number of nitrogens with two attached hydrogens (primary N) is 1. The number of pyridine rings is 1. The molecular formula is C12H20N2O2. The zero-order valence-electron chi connectivity index (χ0n) is 10.1. The van der Waals surface area contributed by atoms with Crippen LogP contribution in [0.25, 0.3) is 0 Å². The molecule has 1 atom stereocenters. The van der Waals surface area contributed by atoms with E-state index in [-0.39, 0.29) is 12.1 Å². The third-order valence-corrected chi connectivity index (χ3v) is 2.03. The van der Waals surface area contributed by atoms with Crippen LogP contribution in [0.4, 0.5) is 0 Å². The first-order valence-electron chi connectivity index (χ1n) is 5.55. The fourth-order valence-corrected chi connectivity index (χ4v) is 1.19. The zero-order chi connectivity index (χ0) is 12.0. The number of aromatic nitrogens is 1. The summed E-state index contributed by atoms with van der Waals surface area (Å²) < 4.78 is 10.8. The average molecular weight is 224 g/mol. The third kappa shape index (κ3) is 4.59. The van der Waals surface area contributed by atoms with Gasteiger partial charge in [0.25, 0.3) is 0 Å². The monoisotopic (exact) mass is 224 g/mol. The number of hydrogen-bond donors (Lipinski definition) is 1. The van der Waals surface area contributed by atoms with Gasteiger partial charge in [-0.05, 0) is 32.9 Å². The Labute approximate surface area is 96.8 Å². The molecule has 0 aliphatic heterocycles. The second-order valence-corrected chi connectivity index (χ2v) is 3.98. The van der Waals surface area contributed by atoms with Gasteiger partial charge in [0, 0.05) is 6.04 Å². The van der Waals surface area contributed by atoms with Crippen LogP contribution in [-0.2, 0) is 4.74 Å². The van der Waals surface area contributed by atoms with Gasteiger partial charge < -0.3 is 15.2 Å². The highest BCUT2D eigenvalue weighted by atomic mass is 16.5. The van der Waals surface area contributed by atoms with Crippen LogP contribution < -0.4 is 10.5 Å². The van der Waals surface area contributed by atoms with Crippen molar-refractivity contribution in [2.75, 3.05) is 13.2 Å². The SMILES string of the molecule is CC(C)OCCOc1ccc(C(C)N)nc1. The van der Waals surface area contributed by atoms with Crippen LogP contribution in [-0.4, -0.2) is 24.3 Å². The molecule has 4 nitrogen and oxygen atoms in total. The van der Waals surface area contributed by atoms with Crippen LogP contribution >= 0.6 is 0 Å². The van der Waals surface area contributed by atoms with Crippen LogP contribution in [0.2, 0.25) is 0 Å². The molecule has 0 fully saturated rings. The molecule has 0 aromatic carbocycles. The molecule has 0 bridgehead atoms. The standard InChI is InChI=1S/C12H20N2O2/c1-9(2)15-6-7-16-11-4-5-12(10(3)13)14-8-11/h4-5,8-10H,6-7,13H2,1-3H3. The van der Waals surface area contributed by atoms with Crippen molar-refractivity contribution in [1.29, 1.82) is 0 Å².